The maximum atomic E-state index is 10.3. The Kier molecular flexibility index (Phi) is 7.46. The Morgan fingerprint density at radius 2 is 1.16 bits per heavy atom. The maximum Gasteiger partial charge on any atom is 0.142 e. The van der Waals surface area contributed by atoms with Crippen molar-refractivity contribution in [3.8, 4) is 62.7 Å². The maximum absolute atomic E-state index is 10.3. The molecule has 0 radical (unpaired) electrons. The zero-order valence-electron chi connectivity index (χ0n) is 23.3. The molecule has 6 rings (SSSR count). The number of hydrogen-bond acceptors (Lipinski definition) is 7. The standard InChI is InChI=1S/C34H22Cl2N8/c1-19-31(25-15-29(41-33(39)27(25)17-37)20-7-11-22(35)12-8-20)32(43-44(19)24-5-3-2-4-6-24)26-16-30(42-34(40)28(26)18-38)21-9-13-23(36)14-10-21/h2-16H,1H3,(H2,39,41)(H2,40,42). The highest BCUT2D eigenvalue weighted by molar-refractivity contribution is 6.30. The SMILES string of the molecule is Cc1c(-c2cc(-c3ccc(Cl)cc3)nc(N)c2C#N)c(-c2cc(-c3ccc(Cl)cc3)nc(N)c2C#N)nn1-c1ccccc1. The lowest BCUT2D eigenvalue weighted by molar-refractivity contribution is 0.850. The highest BCUT2D eigenvalue weighted by Crippen LogP contribution is 2.42. The monoisotopic (exact) mass is 612 g/mol. The van der Waals surface area contributed by atoms with Gasteiger partial charge in [-0.05, 0) is 55.5 Å². The number of para-hydroxylation sites is 1. The fraction of sp³-hybridized carbons (Fsp3) is 0.0294. The van der Waals surface area contributed by atoms with Crippen molar-refractivity contribution in [1.29, 1.82) is 10.5 Å². The number of nitrogens with two attached hydrogens (primary N) is 2. The number of nitrogens with zero attached hydrogens (tertiary/aromatic N) is 6. The number of benzene rings is 3. The highest BCUT2D eigenvalue weighted by atomic mass is 35.5. The van der Waals surface area contributed by atoms with Crippen molar-refractivity contribution in [3.05, 3.63) is 118 Å². The van der Waals surface area contributed by atoms with Crippen LogP contribution in [0.5, 0.6) is 0 Å². The zero-order valence-corrected chi connectivity index (χ0v) is 24.8. The summed E-state index contributed by atoms with van der Waals surface area (Å²) in [6, 6.07) is 31.9. The van der Waals surface area contributed by atoms with Crippen LogP contribution < -0.4 is 11.5 Å². The first-order chi connectivity index (χ1) is 21.3. The van der Waals surface area contributed by atoms with Crippen molar-refractivity contribution in [3.63, 3.8) is 0 Å². The molecule has 10 heteroatoms. The molecule has 8 nitrogen and oxygen atoms in total. The van der Waals surface area contributed by atoms with E-state index in [4.69, 9.17) is 39.8 Å². The number of aromatic nitrogens is 4. The van der Waals surface area contributed by atoms with Gasteiger partial charge in [-0.1, -0.05) is 65.7 Å². The van der Waals surface area contributed by atoms with E-state index in [0.29, 0.717) is 49.5 Å². The fourth-order valence-electron chi connectivity index (χ4n) is 5.12. The summed E-state index contributed by atoms with van der Waals surface area (Å²) in [7, 11) is 0. The molecule has 0 saturated carbocycles. The van der Waals surface area contributed by atoms with Gasteiger partial charge in [-0.3, -0.25) is 0 Å². The lowest BCUT2D eigenvalue weighted by atomic mass is 9.92. The second-order valence-corrected chi connectivity index (χ2v) is 10.8. The van der Waals surface area contributed by atoms with Crippen LogP contribution in [0, 0.1) is 29.6 Å². The molecule has 0 spiro atoms. The molecule has 0 unspecified atom stereocenters. The molecule has 0 fully saturated rings. The summed E-state index contributed by atoms with van der Waals surface area (Å²) in [6.07, 6.45) is 0. The molecule has 3 heterocycles. The van der Waals surface area contributed by atoms with Crippen molar-refractivity contribution in [1.82, 2.24) is 19.7 Å². The molecule has 0 aliphatic rings. The second kappa shape index (κ2) is 11.5. The van der Waals surface area contributed by atoms with Crippen LogP contribution in [-0.4, -0.2) is 19.7 Å². The van der Waals surface area contributed by atoms with Gasteiger partial charge in [0.2, 0.25) is 0 Å². The zero-order chi connectivity index (χ0) is 31.0. The van der Waals surface area contributed by atoms with Gasteiger partial charge in [0.25, 0.3) is 0 Å². The molecule has 3 aromatic heterocycles. The third-order valence-corrected chi connectivity index (χ3v) is 7.74. The largest absolute Gasteiger partial charge is 0.383 e. The van der Waals surface area contributed by atoms with E-state index in [2.05, 4.69) is 22.1 Å². The molecule has 3 aromatic carbocycles. The van der Waals surface area contributed by atoms with Crippen LogP contribution in [0.2, 0.25) is 10.0 Å². The third-order valence-electron chi connectivity index (χ3n) is 7.24. The fourth-order valence-corrected chi connectivity index (χ4v) is 5.37. The average molecular weight is 614 g/mol. The molecule has 44 heavy (non-hydrogen) atoms. The van der Waals surface area contributed by atoms with E-state index in [0.717, 1.165) is 16.8 Å². The molecular formula is C34H22Cl2N8. The average Bonchev–Trinajstić information content (AvgIpc) is 3.37. The molecule has 212 valence electrons. The van der Waals surface area contributed by atoms with Crippen molar-refractivity contribution >= 4 is 34.8 Å². The van der Waals surface area contributed by atoms with Gasteiger partial charge in [-0.15, -0.1) is 0 Å². The predicted octanol–water partition coefficient (Wildman–Crippen LogP) is 7.85. The smallest absolute Gasteiger partial charge is 0.142 e. The first-order valence-corrected chi connectivity index (χ1v) is 14.1. The van der Waals surface area contributed by atoms with Crippen LogP contribution in [0.25, 0.3) is 50.6 Å². The summed E-state index contributed by atoms with van der Waals surface area (Å²) >= 11 is 12.3. The van der Waals surface area contributed by atoms with Crippen LogP contribution >= 0.6 is 23.2 Å². The van der Waals surface area contributed by atoms with Gasteiger partial charge in [0, 0.05) is 43.6 Å². The predicted molar refractivity (Wildman–Crippen MR) is 174 cm³/mol. The molecule has 0 saturated heterocycles. The highest BCUT2D eigenvalue weighted by Gasteiger charge is 2.27. The van der Waals surface area contributed by atoms with Crippen molar-refractivity contribution in [2.24, 2.45) is 0 Å². The topological polar surface area (TPSA) is 143 Å². The van der Waals surface area contributed by atoms with Gasteiger partial charge in [-0.25, -0.2) is 14.6 Å². The molecule has 0 aliphatic heterocycles. The van der Waals surface area contributed by atoms with Gasteiger partial charge in [0.15, 0.2) is 0 Å². The van der Waals surface area contributed by atoms with Crippen molar-refractivity contribution in [2.75, 3.05) is 11.5 Å². The minimum Gasteiger partial charge on any atom is -0.383 e. The Balaban J connectivity index is 1.69. The first kappa shape index (κ1) is 28.4. The van der Waals surface area contributed by atoms with Crippen molar-refractivity contribution in [2.45, 2.75) is 6.92 Å². The summed E-state index contributed by atoms with van der Waals surface area (Å²) in [6.45, 7) is 1.90. The Morgan fingerprint density at radius 1 is 0.682 bits per heavy atom. The Morgan fingerprint density at radius 3 is 1.66 bits per heavy atom. The molecule has 0 amide bonds. The van der Waals surface area contributed by atoms with Gasteiger partial charge >= 0.3 is 0 Å². The Hall–Kier alpha value is -5.67. The van der Waals surface area contributed by atoms with Crippen LogP contribution in [-0.2, 0) is 0 Å². The molecule has 0 bridgehead atoms. The number of anilines is 2. The third kappa shape index (κ3) is 5.10. The Bertz CT molecular complexity index is 2120. The molecule has 6 aromatic rings. The first-order valence-electron chi connectivity index (χ1n) is 13.4. The van der Waals surface area contributed by atoms with E-state index < -0.39 is 0 Å². The number of hydrogen-bond donors (Lipinski definition) is 2. The van der Waals surface area contributed by atoms with Crippen LogP contribution in [0.15, 0.2) is 91.0 Å². The number of nitriles is 2. The normalized spacial score (nSPS) is 10.8. The number of pyridine rings is 2. The lowest BCUT2D eigenvalue weighted by Gasteiger charge is -2.13. The lowest BCUT2D eigenvalue weighted by Crippen LogP contribution is -2.02. The van der Waals surface area contributed by atoms with E-state index in [-0.39, 0.29) is 22.8 Å². The quantitative estimate of drug-likeness (QED) is 0.201. The van der Waals surface area contributed by atoms with E-state index >= 15 is 0 Å². The minimum atomic E-state index is 0.0458. The molecule has 0 atom stereocenters. The van der Waals surface area contributed by atoms with Gasteiger partial charge in [-0.2, -0.15) is 15.6 Å². The van der Waals surface area contributed by atoms with Crippen LogP contribution in [0.4, 0.5) is 11.6 Å². The van der Waals surface area contributed by atoms with Crippen LogP contribution in [0.3, 0.4) is 0 Å². The molecule has 0 aliphatic carbocycles. The number of rotatable bonds is 5. The van der Waals surface area contributed by atoms with Gasteiger partial charge in [0.1, 0.15) is 40.6 Å². The summed E-state index contributed by atoms with van der Waals surface area (Å²) in [5.74, 6) is 0.105. The second-order valence-electron chi connectivity index (χ2n) is 9.92. The van der Waals surface area contributed by atoms with Crippen LogP contribution in [0.1, 0.15) is 16.8 Å². The van der Waals surface area contributed by atoms with Crippen molar-refractivity contribution < 1.29 is 0 Å². The number of halogens is 2. The summed E-state index contributed by atoms with van der Waals surface area (Å²) in [5.41, 5.74) is 19.2. The van der Waals surface area contributed by atoms with E-state index in [1.807, 2.05) is 61.5 Å². The summed E-state index contributed by atoms with van der Waals surface area (Å²) < 4.78 is 1.77. The summed E-state index contributed by atoms with van der Waals surface area (Å²) in [5, 5.41) is 26.7. The molecule has 4 N–H and O–H groups in total. The number of nitrogen functional groups attached to an aromatic ring is 2. The Labute approximate surface area is 263 Å². The van der Waals surface area contributed by atoms with E-state index in [1.54, 1.807) is 41.1 Å². The van der Waals surface area contributed by atoms with Gasteiger partial charge in [0.05, 0.1) is 17.1 Å². The van der Waals surface area contributed by atoms with E-state index in [9.17, 15) is 10.5 Å². The van der Waals surface area contributed by atoms with Gasteiger partial charge < -0.3 is 11.5 Å². The molecular weight excluding hydrogens is 591 g/mol. The van der Waals surface area contributed by atoms with E-state index in [1.165, 1.54) is 0 Å². The minimum absolute atomic E-state index is 0.0458. The summed E-state index contributed by atoms with van der Waals surface area (Å²) in [4.78, 5) is 9.04.